The number of nitrogens with one attached hydrogen (secondary N) is 2. The lowest BCUT2D eigenvalue weighted by atomic mass is 10.2. The third-order valence-corrected chi connectivity index (χ3v) is 4.08. The lowest BCUT2D eigenvalue weighted by Crippen LogP contribution is -2.50. The van der Waals surface area contributed by atoms with Crippen molar-refractivity contribution in [3.63, 3.8) is 0 Å². The standard InChI is InChI=1S/C12H19N3OS/c1-10-3-9-17-11(10)2-4-14-12(16)15-7-5-13-6-8-15/h3,9,13H,2,4-8H2,1H3,(H,14,16). The zero-order valence-corrected chi connectivity index (χ0v) is 11.0. The van der Waals surface area contributed by atoms with Crippen LogP contribution in [0.1, 0.15) is 10.4 Å². The van der Waals surface area contributed by atoms with Crippen molar-refractivity contribution < 1.29 is 4.79 Å². The average Bonchev–Trinajstić information content (AvgIpc) is 2.76. The second-order valence-electron chi connectivity index (χ2n) is 4.25. The Morgan fingerprint density at radius 1 is 1.53 bits per heavy atom. The molecule has 0 saturated carbocycles. The molecule has 1 fully saturated rings. The van der Waals surface area contributed by atoms with Gasteiger partial charge in [-0.2, -0.15) is 0 Å². The summed E-state index contributed by atoms with van der Waals surface area (Å²) in [6.45, 7) is 6.26. The molecule has 2 rings (SSSR count). The molecule has 17 heavy (non-hydrogen) atoms. The molecule has 1 aliphatic heterocycles. The third-order valence-electron chi connectivity index (χ3n) is 3.00. The van der Waals surface area contributed by atoms with Crippen molar-refractivity contribution in [1.82, 2.24) is 15.5 Å². The lowest BCUT2D eigenvalue weighted by Gasteiger charge is -2.27. The van der Waals surface area contributed by atoms with Gasteiger partial charge < -0.3 is 15.5 Å². The zero-order chi connectivity index (χ0) is 12.1. The molecular weight excluding hydrogens is 234 g/mol. The lowest BCUT2D eigenvalue weighted by molar-refractivity contribution is 0.190. The van der Waals surface area contributed by atoms with E-state index in [1.807, 2.05) is 4.90 Å². The number of piperazine rings is 1. The van der Waals surface area contributed by atoms with Crippen LogP contribution in [-0.4, -0.2) is 43.7 Å². The molecule has 0 radical (unpaired) electrons. The largest absolute Gasteiger partial charge is 0.338 e. The Kier molecular flexibility index (Phi) is 4.39. The predicted molar refractivity (Wildman–Crippen MR) is 70.6 cm³/mol. The van der Waals surface area contributed by atoms with E-state index in [4.69, 9.17) is 0 Å². The first kappa shape index (κ1) is 12.4. The van der Waals surface area contributed by atoms with E-state index in [9.17, 15) is 4.79 Å². The maximum absolute atomic E-state index is 11.8. The summed E-state index contributed by atoms with van der Waals surface area (Å²) >= 11 is 1.76. The Balaban J connectivity index is 1.71. The molecule has 0 aliphatic carbocycles. The number of carbonyl (C=O) groups excluding carboxylic acids is 1. The number of thiophene rings is 1. The first-order valence-electron chi connectivity index (χ1n) is 6.04. The van der Waals surface area contributed by atoms with Crippen LogP contribution in [-0.2, 0) is 6.42 Å². The van der Waals surface area contributed by atoms with Crippen molar-refractivity contribution >= 4 is 17.4 Å². The number of nitrogens with zero attached hydrogens (tertiary/aromatic N) is 1. The summed E-state index contributed by atoms with van der Waals surface area (Å²) in [6, 6.07) is 2.19. The molecular formula is C12H19N3OS. The number of urea groups is 1. The minimum Gasteiger partial charge on any atom is -0.338 e. The second-order valence-corrected chi connectivity index (χ2v) is 5.25. The van der Waals surface area contributed by atoms with Gasteiger partial charge in [0.15, 0.2) is 0 Å². The predicted octanol–water partition coefficient (Wildman–Crippen LogP) is 1.21. The van der Waals surface area contributed by atoms with Crippen LogP contribution in [0.4, 0.5) is 4.79 Å². The van der Waals surface area contributed by atoms with Gasteiger partial charge in [0.25, 0.3) is 0 Å². The van der Waals surface area contributed by atoms with Gasteiger partial charge in [0.1, 0.15) is 0 Å². The van der Waals surface area contributed by atoms with Gasteiger partial charge in [-0.1, -0.05) is 0 Å². The zero-order valence-electron chi connectivity index (χ0n) is 10.2. The molecule has 1 aromatic heterocycles. The second kappa shape index (κ2) is 6.02. The van der Waals surface area contributed by atoms with E-state index in [0.29, 0.717) is 0 Å². The summed E-state index contributed by atoms with van der Waals surface area (Å²) < 4.78 is 0. The van der Waals surface area contributed by atoms with Crippen molar-refractivity contribution in [3.8, 4) is 0 Å². The molecule has 0 bridgehead atoms. The molecule has 0 spiro atoms. The minimum absolute atomic E-state index is 0.0701. The van der Waals surface area contributed by atoms with E-state index in [1.165, 1.54) is 10.4 Å². The summed E-state index contributed by atoms with van der Waals surface area (Å²) in [5, 5.41) is 8.32. The van der Waals surface area contributed by atoms with Crippen LogP contribution in [0.25, 0.3) is 0 Å². The number of hydrogen-bond acceptors (Lipinski definition) is 3. The first-order chi connectivity index (χ1) is 8.27. The quantitative estimate of drug-likeness (QED) is 0.850. The van der Waals surface area contributed by atoms with Gasteiger partial charge in [-0.15, -0.1) is 11.3 Å². The first-order valence-corrected chi connectivity index (χ1v) is 6.92. The van der Waals surface area contributed by atoms with Gasteiger partial charge in [0.2, 0.25) is 0 Å². The Morgan fingerprint density at radius 3 is 2.94 bits per heavy atom. The summed E-state index contributed by atoms with van der Waals surface area (Å²) in [5.41, 5.74) is 1.33. The van der Waals surface area contributed by atoms with Crippen molar-refractivity contribution in [2.24, 2.45) is 0 Å². The van der Waals surface area contributed by atoms with E-state index in [2.05, 4.69) is 29.0 Å². The van der Waals surface area contributed by atoms with Crippen LogP contribution in [0.2, 0.25) is 0 Å². The molecule has 0 aromatic carbocycles. The Labute approximate surface area is 106 Å². The van der Waals surface area contributed by atoms with Crippen molar-refractivity contribution in [3.05, 3.63) is 21.9 Å². The van der Waals surface area contributed by atoms with Crippen LogP contribution >= 0.6 is 11.3 Å². The highest BCUT2D eigenvalue weighted by Gasteiger charge is 2.15. The minimum atomic E-state index is 0.0701. The van der Waals surface area contributed by atoms with Gasteiger partial charge in [0, 0.05) is 37.6 Å². The highest BCUT2D eigenvalue weighted by atomic mass is 32.1. The third kappa shape index (κ3) is 3.44. The summed E-state index contributed by atoms with van der Waals surface area (Å²) in [5.74, 6) is 0. The molecule has 0 unspecified atom stereocenters. The molecule has 1 aromatic rings. The number of carbonyl (C=O) groups is 1. The summed E-state index contributed by atoms with van der Waals surface area (Å²) in [4.78, 5) is 15.0. The van der Waals surface area contributed by atoms with Crippen molar-refractivity contribution in [1.29, 1.82) is 0 Å². The van der Waals surface area contributed by atoms with Gasteiger partial charge >= 0.3 is 6.03 Å². The van der Waals surface area contributed by atoms with Crippen LogP contribution in [0.5, 0.6) is 0 Å². The van der Waals surface area contributed by atoms with Gasteiger partial charge in [-0.05, 0) is 30.4 Å². The Morgan fingerprint density at radius 2 is 2.29 bits per heavy atom. The summed E-state index contributed by atoms with van der Waals surface area (Å²) in [7, 11) is 0. The smallest absolute Gasteiger partial charge is 0.317 e. The van der Waals surface area contributed by atoms with Crippen LogP contribution < -0.4 is 10.6 Å². The highest BCUT2D eigenvalue weighted by molar-refractivity contribution is 7.10. The van der Waals surface area contributed by atoms with E-state index in [0.717, 1.165) is 39.1 Å². The number of hydrogen-bond donors (Lipinski definition) is 2. The van der Waals surface area contributed by atoms with Crippen LogP contribution in [0, 0.1) is 6.92 Å². The molecule has 2 amide bonds. The highest BCUT2D eigenvalue weighted by Crippen LogP contribution is 2.15. The molecule has 0 atom stereocenters. The normalized spacial score (nSPS) is 15.9. The number of rotatable bonds is 3. The topological polar surface area (TPSA) is 44.4 Å². The number of amides is 2. The molecule has 2 N–H and O–H groups in total. The van der Waals surface area contributed by atoms with Gasteiger partial charge in [0.05, 0.1) is 0 Å². The summed E-state index contributed by atoms with van der Waals surface area (Å²) in [6.07, 6.45) is 0.932. The molecule has 5 heteroatoms. The average molecular weight is 253 g/mol. The Bertz CT molecular complexity index is 372. The fourth-order valence-electron chi connectivity index (χ4n) is 1.92. The van der Waals surface area contributed by atoms with E-state index < -0.39 is 0 Å². The molecule has 2 heterocycles. The Hall–Kier alpha value is -1.07. The SMILES string of the molecule is Cc1ccsc1CCNC(=O)N1CCNCC1. The van der Waals surface area contributed by atoms with Gasteiger partial charge in [-0.25, -0.2) is 4.79 Å². The number of aryl methyl sites for hydroxylation is 1. The fraction of sp³-hybridized carbons (Fsp3) is 0.583. The monoisotopic (exact) mass is 253 g/mol. The molecule has 4 nitrogen and oxygen atoms in total. The molecule has 1 aliphatic rings. The maximum Gasteiger partial charge on any atom is 0.317 e. The van der Waals surface area contributed by atoms with Crippen LogP contribution in [0.15, 0.2) is 11.4 Å². The van der Waals surface area contributed by atoms with Crippen LogP contribution in [0.3, 0.4) is 0 Å². The van der Waals surface area contributed by atoms with Gasteiger partial charge in [-0.3, -0.25) is 0 Å². The van der Waals surface area contributed by atoms with E-state index in [1.54, 1.807) is 11.3 Å². The van der Waals surface area contributed by atoms with Crippen molar-refractivity contribution in [2.75, 3.05) is 32.7 Å². The maximum atomic E-state index is 11.8. The molecule has 1 saturated heterocycles. The van der Waals surface area contributed by atoms with Crippen molar-refractivity contribution in [2.45, 2.75) is 13.3 Å². The molecule has 94 valence electrons. The fourth-order valence-corrected chi connectivity index (χ4v) is 2.83. The van der Waals surface area contributed by atoms with E-state index in [-0.39, 0.29) is 6.03 Å². The van der Waals surface area contributed by atoms with E-state index >= 15 is 0 Å².